The fraction of sp³-hybridized carbons (Fsp3) is 0.130. The van der Waals surface area contributed by atoms with Crippen molar-refractivity contribution in [2.24, 2.45) is 5.73 Å². The van der Waals surface area contributed by atoms with Crippen molar-refractivity contribution in [3.05, 3.63) is 71.8 Å². The topological polar surface area (TPSA) is 122 Å². The summed E-state index contributed by atoms with van der Waals surface area (Å²) >= 11 is 0. The van der Waals surface area contributed by atoms with E-state index in [4.69, 9.17) is 11.1 Å². The number of aromatic nitrogens is 3. The summed E-state index contributed by atoms with van der Waals surface area (Å²) < 4.78 is 3.89. The molecule has 0 radical (unpaired) electrons. The number of para-hydroxylation sites is 1. The summed E-state index contributed by atoms with van der Waals surface area (Å²) in [6.07, 6.45) is 5.38. The van der Waals surface area contributed by atoms with Crippen molar-refractivity contribution in [2.45, 2.75) is 13.1 Å². The molecule has 3 aromatic heterocycles. The molecule has 0 saturated heterocycles. The summed E-state index contributed by atoms with van der Waals surface area (Å²) in [6, 6.07) is 11.5. The number of carbonyl (C=O) groups excluding carboxylic acids is 2. The Morgan fingerprint density at radius 1 is 1.06 bits per heavy atom. The van der Waals surface area contributed by atoms with Gasteiger partial charge in [0.25, 0.3) is 11.8 Å². The first-order valence-electron chi connectivity index (χ1n) is 10.3. The van der Waals surface area contributed by atoms with E-state index in [2.05, 4.69) is 14.9 Å². The molecule has 0 saturated carbocycles. The number of fused-ring (bicyclic) bond motifs is 1. The fourth-order valence-corrected chi connectivity index (χ4v) is 4.73. The van der Waals surface area contributed by atoms with Crippen LogP contribution >= 0.6 is 0 Å². The molecule has 2 amide bonds. The van der Waals surface area contributed by atoms with Gasteiger partial charge in [-0.25, -0.2) is 4.98 Å². The minimum atomic E-state index is -0.428. The van der Waals surface area contributed by atoms with Crippen molar-refractivity contribution in [2.75, 3.05) is 6.54 Å². The van der Waals surface area contributed by atoms with Crippen LogP contribution in [0.1, 0.15) is 16.8 Å². The minimum Gasteiger partial charge on any atom is -0.370 e. The number of hydrogen-bond acceptors (Lipinski definition) is 4. The number of imide groups is 1. The fourth-order valence-electron chi connectivity index (χ4n) is 4.73. The van der Waals surface area contributed by atoms with Gasteiger partial charge in [0.05, 0.1) is 28.6 Å². The van der Waals surface area contributed by atoms with Gasteiger partial charge in [0.2, 0.25) is 0 Å². The molecule has 4 N–H and O–H groups in total. The van der Waals surface area contributed by atoms with Crippen molar-refractivity contribution < 1.29 is 9.59 Å². The Bertz CT molecular complexity index is 1510. The normalized spacial score (nSPS) is 16.2. The summed E-state index contributed by atoms with van der Waals surface area (Å²) in [6.45, 7) is 1.71. The lowest BCUT2D eigenvalue weighted by Crippen LogP contribution is -2.36. The zero-order valence-electron chi connectivity index (χ0n) is 17.0. The Morgan fingerprint density at radius 2 is 1.91 bits per heavy atom. The van der Waals surface area contributed by atoms with Crippen LogP contribution in [0.3, 0.4) is 0 Å². The lowest BCUT2D eigenvalue weighted by Gasteiger charge is -2.20. The van der Waals surface area contributed by atoms with E-state index >= 15 is 0 Å². The molecule has 9 nitrogen and oxygen atoms in total. The van der Waals surface area contributed by atoms with Crippen LogP contribution in [0.15, 0.2) is 55.0 Å². The predicted molar refractivity (Wildman–Crippen MR) is 119 cm³/mol. The highest BCUT2D eigenvalue weighted by molar-refractivity contribution is 6.49. The highest BCUT2D eigenvalue weighted by atomic mass is 16.2. The second kappa shape index (κ2) is 6.55. The average molecular weight is 425 g/mol. The van der Waals surface area contributed by atoms with Crippen LogP contribution in [-0.4, -0.2) is 43.2 Å². The Labute approximate surface area is 182 Å². The lowest BCUT2D eigenvalue weighted by atomic mass is 9.98. The minimum absolute atomic E-state index is 0.0337. The van der Waals surface area contributed by atoms with Crippen LogP contribution in [-0.2, 0) is 22.7 Å². The maximum absolute atomic E-state index is 13.0. The molecule has 4 aromatic rings. The molecule has 0 aliphatic carbocycles. The molecule has 158 valence electrons. The highest BCUT2D eigenvalue weighted by Gasteiger charge is 2.36. The summed E-state index contributed by atoms with van der Waals surface area (Å²) in [5, 5.41) is 11.2. The van der Waals surface area contributed by atoms with Crippen LogP contribution in [0.2, 0.25) is 0 Å². The number of guanidine groups is 1. The van der Waals surface area contributed by atoms with E-state index < -0.39 is 11.8 Å². The largest absolute Gasteiger partial charge is 0.370 e. The number of imidazole rings is 1. The van der Waals surface area contributed by atoms with Gasteiger partial charge in [-0.2, -0.15) is 0 Å². The van der Waals surface area contributed by atoms with Gasteiger partial charge in [0.15, 0.2) is 5.96 Å². The third-order valence-electron chi connectivity index (χ3n) is 6.17. The first-order chi connectivity index (χ1) is 15.5. The number of amides is 2. The Morgan fingerprint density at radius 3 is 2.75 bits per heavy atom. The van der Waals surface area contributed by atoms with E-state index in [0.29, 0.717) is 47.7 Å². The van der Waals surface area contributed by atoms with E-state index in [1.54, 1.807) is 6.20 Å². The molecule has 2 aliphatic rings. The summed E-state index contributed by atoms with van der Waals surface area (Å²) in [5.74, 6) is -0.809. The van der Waals surface area contributed by atoms with Crippen LogP contribution in [0.4, 0.5) is 0 Å². The van der Waals surface area contributed by atoms with Gasteiger partial charge in [-0.1, -0.05) is 24.3 Å². The number of benzene rings is 1. The van der Waals surface area contributed by atoms with Gasteiger partial charge >= 0.3 is 0 Å². The van der Waals surface area contributed by atoms with Crippen molar-refractivity contribution >= 4 is 45.5 Å². The molecule has 2 aliphatic heterocycles. The molecule has 9 heteroatoms. The number of pyridine rings is 1. The van der Waals surface area contributed by atoms with Gasteiger partial charge in [0, 0.05) is 43.0 Å². The van der Waals surface area contributed by atoms with E-state index in [1.807, 2.05) is 58.1 Å². The van der Waals surface area contributed by atoms with Crippen LogP contribution in [0.25, 0.3) is 27.7 Å². The van der Waals surface area contributed by atoms with Crippen LogP contribution in [0, 0.1) is 5.41 Å². The number of rotatable bonds is 2. The van der Waals surface area contributed by atoms with Crippen molar-refractivity contribution in [1.82, 2.24) is 24.2 Å². The number of nitrogens with two attached hydrogens (primary N) is 1. The first-order valence-corrected chi connectivity index (χ1v) is 10.3. The SMILES string of the molecule is N=C(N)N1CCn2cc(C3=C(c4cnc5ccccn45)C(=O)NC3=O)c3cccc(c32)C1. The number of hydrogen-bond donors (Lipinski definition) is 3. The molecule has 0 atom stereocenters. The van der Waals surface area contributed by atoms with Gasteiger partial charge in [0.1, 0.15) is 5.65 Å². The first kappa shape index (κ1) is 18.4. The van der Waals surface area contributed by atoms with Gasteiger partial charge in [-0.15, -0.1) is 0 Å². The van der Waals surface area contributed by atoms with E-state index in [0.717, 1.165) is 16.5 Å². The van der Waals surface area contributed by atoms with E-state index in [9.17, 15) is 9.59 Å². The predicted octanol–water partition coefficient (Wildman–Crippen LogP) is 1.57. The zero-order valence-corrected chi connectivity index (χ0v) is 17.0. The average Bonchev–Trinajstić information content (AvgIpc) is 3.39. The molecule has 0 fully saturated rings. The van der Waals surface area contributed by atoms with Crippen molar-refractivity contribution in [1.29, 1.82) is 5.41 Å². The second-order valence-corrected chi connectivity index (χ2v) is 7.96. The summed E-state index contributed by atoms with van der Waals surface area (Å²) in [5.41, 5.74) is 10.4. The zero-order chi connectivity index (χ0) is 22.0. The third-order valence-corrected chi connectivity index (χ3v) is 6.17. The van der Waals surface area contributed by atoms with E-state index in [1.165, 1.54) is 0 Å². The standard InChI is InChI=1S/C23H19N7O2/c24-23(25)29-9-8-28-12-15(14-5-3-4-13(11-29)20(14)28)18-19(22(32)27-21(18)31)16-10-26-17-6-1-2-7-30(16)17/h1-7,10,12H,8-9,11H2,(H3,24,25)(H,27,31,32). The smallest absolute Gasteiger partial charge is 0.261 e. The van der Waals surface area contributed by atoms with E-state index in [-0.39, 0.29) is 5.96 Å². The summed E-state index contributed by atoms with van der Waals surface area (Å²) in [7, 11) is 0. The second-order valence-electron chi connectivity index (χ2n) is 7.96. The Balaban J connectivity index is 1.61. The van der Waals surface area contributed by atoms with Crippen molar-refractivity contribution in [3.8, 4) is 0 Å². The highest BCUT2D eigenvalue weighted by Crippen LogP contribution is 2.37. The van der Waals surface area contributed by atoms with Gasteiger partial charge in [-0.3, -0.25) is 24.7 Å². The molecule has 6 rings (SSSR count). The molecule has 0 spiro atoms. The van der Waals surface area contributed by atoms with Crippen molar-refractivity contribution in [3.63, 3.8) is 0 Å². The quantitative estimate of drug-likeness (QED) is 0.256. The number of nitrogens with zero attached hydrogens (tertiary/aromatic N) is 4. The molecule has 5 heterocycles. The maximum atomic E-state index is 13.0. The third kappa shape index (κ3) is 2.51. The van der Waals surface area contributed by atoms with Gasteiger partial charge < -0.3 is 15.2 Å². The van der Waals surface area contributed by atoms with Gasteiger partial charge in [-0.05, 0) is 17.7 Å². The lowest BCUT2D eigenvalue weighted by molar-refractivity contribution is -0.122. The molecular formula is C23H19N7O2. The molecule has 0 unspecified atom stereocenters. The number of carbonyl (C=O) groups is 2. The summed E-state index contributed by atoms with van der Waals surface area (Å²) in [4.78, 5) is 32.1. The van der Waals surface area contributed by atoms with Crippen LogP contribution < -0.4 is 11.1 Å². The molecule has 32 heavy (non-hydrogen) atoms. The Kier molecular flexibility index (Phi) is 3.76. The molecular weight excluding hydrogens is 406 g/mol. The number of nitrogens with one attached hydrogen (secondary N) is 2. The Hall–Kier alpha value is -4.40. The maximum Gasteiger partial charge on any atom is 0.261 e. The molecule has 1 aromatic carbocycles. The molecule has 0 bridgehead atoms. The van der Waals surface area contributed by atoms with Crippen LogP contribution in [0.5, 0.6) is 0 Å². The monoisotopic (exact) mass is 425 g/mol.